The molecular formula is C24H32N4O2. The monoisotopic (exact) mass is 408 g/mol. The molecule has 2 atom stereocenters. The van der Waals surface area contributed by atoms with Crippen LogP contribution >= 0.6 is 0 Å². The first-order valence-corrected chi connectivity index (χ1v) is 10.8. The molecule has 1 saturated heterocycles. The summed E-state index contributed by atoms with van der Waals surface area (Å²) in [5.41, 5.74) is 3.53. The van der Waals surface area contributed by atoms with Crippen LogP contribution in [0.4, 0.5) is 0 Å². The highest BCUT2D eigenvalue weighted by atomic mass is 16.5. The second kappa shape index (κ2) is 7.99. The molecule has 0 N–H and O–H groups in total. The van der Waals surface area contributed by atoms with Crippen molar-refractivity contribution in [1.29, 1.82) is 0 Å². The van der Waals surface area contributed by atoms with Crippen LogP contribution < -0.4 is 0 Å². The lowest BCUT2D eigenvalue weighted by atomic mass is 10.1. The molecule has 2 aliphatic rings. The first-order chi connectivity index (χ1) is 14.3. The van der Waals surface area contributed by atoms with Gasteiger partial charge >= 0.3 is 0 Å². The molecule has 2 aromatic rings. The van der Waals surface area contributed by atoms with Gasteiger partial charge in [0.05, 0.1) is 12.5 Å². The Kier molecular flexibility index (Phi) is 5.53. The summed E-state index contributed by atoms with van der Waals surface area (Å²) in [5.74, 6) is 2.04. The Morgan fingerprint density at radius 3 is 2.47 bits per heavy atom. The summed E-state index contributed by atoms with van der Waals surface area (Å²) < 4.78 is 5.46. The summed E-state index contributed by atoms with van der Waals surface area (Å²) in [6, 6.07) is 8.11. The highest BCUT2D eigenvalue weighted by Crippen LogP contribution is 2.60. The fourth-order valence-electron chi connectivity index (χ4n) is 4.47. The van der Waals surface area contributed by atoms with Crippen molar-refractivity contribution < 1.29 is 9.32 Å². The van der Waals surface area contributed by atoms with Crippen molar-refractivity contribution in [3.05, 3.63) is 47.4 Å². The average Bonchev–Trinajstić information content (AvgIpc) is 3.03. The van der Waals surface area contributed by atoms with E-state index in [1.54, 1.807) is 0 Å². The summed E-state index contributed by atoms with van der Waals surface area (Å²) >= 11 is 0. The van der Waals surface area contributed by atoms with E-state index in [2.05, 4.69) is 55.7 Å². The van der Waals surface area contributed by atoms with Gasteiger partial charge in [0.15, 0.2) is 0 Å². The number of aryl methyl sites for hydroxylation is 1. The van der Waals surface area contributed by atoms with Crippen molar-refractivity contribution in [1.82, 2.24) is 19.9 Å². The number of aromatic nitrogens is 2. The van der Waals surface area contributed by atoms with Crippen molar-refractivity contribution in [2.75, 3.05) is 26.2 Å². The van der Waals surface area contributed by atoms with Crippen LogP contribution in [-0.4, -0.2) is 52.0 Å². The van der Waals surface area contributed by atoms with E-state index < -0.39 is 0 Å². The largest absolute Gasteiger partial charge is 0.340 e. The van der Waals surface area contributed by atoms with E-state index in [0.29, 0.717) is 30.1 Å². The second-order valence-electron chi connectivity index (χ2n) is 9.55. The Labute approximate surface area is 178 Å². The fourth-order valence-corrected chi connectivity index (χ4v) is 4.47. The molecule has 0 spiro atoms. The summed E-state index contributed by atoms with van der Waals surface area (Å²) in [7, 11) is 0. The minimum absolute atomic E-state index is 0.0711. The number of carbonyl (C=O) groups excluding carboxylic acids is 1. The predicted molar refractivity (Wildman–Crippen MR) is 117 cm³/mol. The van der Waals surface area contributed by atoms with Crippen LogP contribution in [0.3, 0.4) is 0 Å². The van der Waals surface area contributed by atoms with Crippen LogP contribution in [0, 0.1) is 24.2 Å². The fraction of sp³-hybridized carbons (Fsp3) is 0.542. The molecule has 1 amide bonds. The SMILES string of the molecule is CC(C)=CC1C(C(=O)N2CCN(Cc3nc(-c4ccc(C)cc4)no3)CC2)C1(C)C. The number of rotatable bonds is 5. The highest BCUT2D eigenvalue weighted by Gasteiger charge is 2.61. The van der Waals surface area contributed by atoms with E-state index in [1.165, 1.54) is 11.1 Å². The van der Waals surface area contributed by atoms with E-state index >= 15 is 0 Å². The number of hydrogen-bond donors (Lipinski definition) is 0. The number of allylic oxidation sites excluding steroid dienone is 2. The van der Waals surface area contributed by atoms with Crippen LogP contribution in [0.5, 0.6) is 0 Å². The molecule has 1 aromatic carbocycles. The zero-order chi connectivity index (χ0) is 21.5. The zero-order valence-corrected chi connectivity index (χ0v) is 18.7. The summed E-state index contributed by atoms with van der Waals surface area (Å²) in [6.45, 7) is 14.5. The number of piperazine rings is 1. The molecular weight excluding hydrogens is 376 g/mol. The minimum atomic E-state index is 0.0711. The average molecular weight is 409 g/mol. The molecule has 1 aromatic heterocycles. The van der Waals surface area contributed by atoms with E-state index in [1.807, 2.05) is 29.2 Å². The Hall–Kier alpha value is -2.47. The van der Waals surface area contributed by atoms with Crippen molar-refractivity contribution in [2.45, 2.75) is 41.2 Å². The molecule has 1 aliphatic heterocycles. The molecule has 2 fully saturated rings. The molecule has 160 valence electrons. The minimum Gasteiger partial charge on any atom is -0.340 e. The number of carbonyl (C=O) groups is 1. The molecule has 0 radical (unpaired) electrons. The lowest BCUT2D eigenvalue weighted by Gasteiger charge is -2.34. The van der Waals surface area contributed by atoms with Crippen LogP contribution in [-0.2, 0) is 11.3 Å². The van der Waals surface area contributed by atoms with Crippen LogP contribution in [0.25, 0.3) is 11.4 Å². The molecule has 30 heavy (non-hydrogen) atoms. The second-order valence-corrected chi connectivity index (χ2v) is 9.55. The van der Waals surface area contributed by atoms with Gasteiger partial charge in [-0.05, 0) is 32.1 Å². The number of hydrogen-bond acceptors (Lipinski definition) is 5. The number of nitrogens with zero attached hydrogens (tertiary/aromatic N) is 4. The van der Waals surface area contributed by atoms with E-state index in [0.717, 1.165) is 31.7 Å². The van der Waals surface area contributed by atoms with Gasteiger partial charge < -0.3 is 9.42 Å². The smallest absolute Gasteiger partial charge is 0.241 e. The summed E-state index contributed by atoms with van der Waals surface area (Å²) in [4.78, 5) is 21.9. The van der Waals surface area contributed by atoms with E-state index in [9.17, 15) is 4.79 Å². The van der Waals surface area contributed by atoms with Gasteiger partial charge in [-0.15, -0.1) is 0 Å². The third kappa shape index (κ3) is 4.19. The molecule has 6 heteroatoms. The maximum absolute atomic E-state index is 13.1. The topological polar surface area (TPSA) is 62.5 Å². The van der Waals surface area contributed by atoms with Crippen LogP contribution in [0.15, 0.2) is 40.4 Å². The normalized spacial score (nSPS) is 23.3. The van der Waals surface area contributed by atoms with Crippen molar-refractivity contribution in [3.8, 4) is 11.4 Å². The number of amides is 1. The van der Waals surface area contributed by atoms with Gasteiger partial charge in [-0.2, -0.15) is 4.98 Å². The van der Waals surface area contributed by atoms with E-state index in [4.69, 9.17) is 4.52 Å². The van der Waals surface area contributed by atoms with Crippen molar-refractivity contribution in [2.24, 2.45) is 17.3 Å². The van der Waals surface area contributed by atoms with E-state index in [-0.39, 0.29) is 11.3 Å². The molecule has 2 unspecified atom stereocenters. The standard InChI is InChI=1S/C24H32N4O2/c1-16(2)14-19-21(24(19,4)5)23(29)28-12-10-27(11-13-28)15-20-25-22(26-30-20)18-8-6-17(3)7-9-18/h6-9,14,19,21H,10-13,15H2,1-5H3. The molecule has 0 bridgehead atoms. The molecule has 1 aliphatic carbocycles. The van der Waals surface area contributed by atoms with Gasteiger partial charge in [-0.3, -0.25) is 9.69 Å². The first-order valence-electron chi connectivity index (χ1n) is 10.8. The van der Waals surface area contributed by atoms with Crippen LogP contribution in [0.1, 0.15) is 39.1 Å². The van der Waals surface area contributed by atoms with Gasteiger partial charge in [0.25, 0.3) is 0 Å². The van der Waals surface area contributed by atoms with Gasteiger partial charge in [-0.1, -0.05) is 60.5 Å². The predicted octanol–water partition coefficient (Wildman–Crippen LogP) is 3.93. The van der Waals surface area contributed by atoms with Gasteiger partial charge in [0.1, 0.15) is 0 Å². The Morgan fingerprint density at radius 2 is 1.83 bits per heavy atom. The molecule has 2 heterocycles. The lowest BCUT2D eigenvalue weighted by molar-refractivity contribution is -0.135. The lowest BCUT2D eigenvalue weighted by Crippen LogP contribution is -2.49. The quantitative estimate of drug-likeness (QED) is 0.702. The third-order valence-corrected chi connectivity index (χ3v) is 6.51. The van der Waals surface area contributed by atoms with Gasteiger partial charge in [0, 0.05) is 31.7 Å². The first kappa shape index (κ1) is 20.8. The third-order valence-electron chi connectivity index (χ3n) is 6.51. The maximum Gasteiger partial charge on any atom is 0.241 e. The van der Waals surface area contributed by atoms with Gasteiger partial charge in [0.2, 0.25) is 17.6 Å². The molecule has 4 rings (SSSR count). The van der Waals surface area contributed by atoms with Crippen LogP contribution in [0.2, 0.25) is 0 Å². The Balaban J connectivity index is 1.31. The molecule has 1 saturated carbocycles. The van der Waals surface area contributed by atoms with Crippen molar-refractivity contribution >= 4 is 5.91 Å². The summed E-state index contributed by atoms with van der Waals surface area (Å²) in [6.07, 6.45) is 2.26. The van der Waals surface area contributed by atoms with Gasteiger partial charge in [-0.25, -0.2) is 0 Å². The molecule has 6 nitrogen and oxygen atoms in total. The Bertz CT molecular complexity index is 932. The zero-order valence-electron chi connectivity index (χ0n) is 18.7. The number of benzene rings is 1. The highest BCUT2D eigenvalue weighted by molar-refractivity contribution is 5.84. The maximum atomic E-state index is 13.1. The summed E-state index contributed by atoms with van der Waals surface area (Å²) in [5, 5.41) is 4.12. The van der Waals surface area contributed by atoms with Crippen molar-refractivity contribution in [3.63, 3.8) is 0 Å². The Morgan fingerprint density at radius 1 is 1.17 bits per heavy atom.